The van der Waals surface area contributed by atoms with Crippen molar-refractivity contribution in [1.82, 2.24) is 14.5 Å². The van der Waals surface area contributed by atoms with Crippen molar-refractivity contribution >= 4 is 5.95 Å². The molecule has 1 aromatic heterocycles. The number of anilines is 1. The molecule has 1 saturated carbocycles. The maximum atomic E-state index is 4.52. The Kier molecular flexibility index (Phi) is 3.72. The van der Waals surface area contributed by atoms with Crippen molar-refractivity contribution in [1.29, 1.82) is 0 Å². The van der Waals surface area contributed by atoms with Crippen LogP contribution in [0.15, 0.2) is 6.20 Å². The SMILES string of the molecule is Cc1cn(C(C)C)c(NCCN(C)C2CC2)n1. The minimum absolute atomic E-state index is 0.458. The molecule has 0 bridgehead atoms. The molecule has 1 aliphatic rings. The van der Waals surface area contributed by atoms with Gasteiger partial charge in [0.05, 0.1) is 5.69 Å². The smallest absolute Gasteiger partial charge is 0.203 e. The van der Waals surface area contributed by atoms with Crippen molar-refractivity contribution in [3.05, 3.63) is 11.9 Å². The van der Waals surface area contributed by atoms with Crippen molar-refractivity contribution in [3.63, 3.8) is 0 Å². The van der Waals surface area contributed by atoms with E-state index in [-0.39, 0.29) is 0 Å². The van der Waals surface area contributed by atoms with Gasteiger partial charge in [-0.3, -0.25) is 0 Å². The lowest BCUT2D eigenvalue weighted by atomic mass is 10.4. The molecule has 0 aliphatic heterocycles. The Labute approximate surface area is 104 Å². The minimum Gasteiger partial charge on any atom is -0.354 e. The van der Waals surface area contributed by atoms with Gasteiger partial charge in [0.1, 0.15) is 0 Å². The summed E-state index contributed by atoms with van der Waals surface area (Å²) in [4.78, 5) is 6.96. The lowest BCUT2D eigenvalue weighted by Crippen LogP contribution is -2.27. The second kappa shape index (κ2) is 5.08. The highest BCUT2D eigenvalue weighted by atomic mass is 15.2. The quantitative estimate of drug-likeness (QED) is 0.822. The minimum atomic E-state index is 0.458. The molecule has 0 unspecified atom stereocenters. The van der Waals surface area contributed by atoms with Crippen LogP contribution in [0.4, 0.5) is 5.95 Å². The van der Waals surface area contributed by atoms with E-state index in [4.69, 9.17) is 0 Å². The fraction of sp³-hybridized carbons (Fsp3) is 0.769. The molecule has 1 aromatic rings. The summed E-state index contributed by atoms with van der Waals surface area (Å²) in [5.74, 6) is 1.00. The highest BCUT2D eigenvalue weighted by molar-refractivity contribution is 5.29. The van der Waals surface area contributed by atoms with Crippen LogP contribution in [0, 0.1) is 6.92 Å². The van der Waals surface area contributed by atoms with E-state index in [0.717, 1.165) is 30.8 Å². The number of nitrogens with zero attached hydrogens (tertiary/aromatic N) is 3. The number of likely N-dealkylation sites (N-methyl/N-ethyl adjacent to an activating group) is 1. The number of rotatable bonds is 6. The van der Waals surface area contributed by atoms with Gasteiger partial charge in [0.15, 0.2) is 0 Å². The van der Waals surface area contributed by atoms with Crippen LogP contribution in [-0.4, -0.2) is 40.6 Å². The molecule has 0 amide bonds. The van der Waals surface area contributed by atoms with Crippen LogP contribution in [0.5, 0.6) is 0 Å². The molecule has 0 spiro atoms. The number of hydrogen-bond donors (Lipinski definition) is 1. The summed E-state index contributed by atoms with van der Waals surface area (Å²) in [6, 6.07) is 1.29. The molecule has 0 saturated heterocycles. The standard InChI is InChI=1S/C13H24N4/c1-10(2)17-9-11(3)15-13(17)14-7-8-16(4)12-5-6-12/h9-10,12H,5-8H2,1-4H3,(H,14,15). The molecule has 1 fully saturated rings. The molecule has 0 aromatic carbocycles. The molecule has 0 radical (unpaired) electrons. The van der Waals surface area contributed by atoms with Crippen LogP contribution in [0.3, 0.4) is 0 Å². The first-order chi connectivity index (χ1) is 8.08. The monoisotopic (exact) mass is 236 g/mol. The van der Waals surface area contributed by atoms with Crippen LogP contribution in [0.2, 0.25) is 0 Å². The number of nitrogens with one attached hydrogen (secondary N) is 1. The summed E-state index contributed by atoms with van der Waals surface area (Å²) in [6.45, 7) is 8.47. The molecule has 2 rings (SSSR count). The van der Waals surface area contributed by atoms with Gasteiger partial charge in [0.25, 0.3) is 0 Å². The summed E-state index contributed by atoms with van der Waals surface area (Å²) >= 11 is 0. The zero-order valence-electron chi connectivity index (χ0n) is 11.4. The lowest BCUT2D eigenvalue weighted by molar-refractivity contribution is 0.336. The van der Waals surface area contributed by atoms with E-state index in [9.17, 15) is 0 Å². The van der Waals surface area contributed by atoms with Crippen LogP contribution in [-0.2, 0) is 0 Å². The Balaban J connectivity index is 1.85. The molecule has 17 heavy (non-hydrogen) atoms. The molecule has 1 heterocycles. The predicted octanol–water partition coefficient (Wildman–Crippen LogP) is 2.28. The number of aryl methyl sites for hydroxylation is 1. The van der Waals surface area contributed by atoms with Crippen molar-refractivity contribution in [2.75, 3.05) is 25.5 Å². The summed E-state index contributed by atoms with van der Waals surface area (Å²) < 4.78 is 2.20. The molecule has 1 aliphatic carbocycles. The maximum Gasteiger partial charge on any atom is 0.203 e. The molecule has 0 atom stereocenters. The van der Waals surface area contributed by atoms with Crippen molar-refractivity contribution in [3.8, 4) is 0 Å². The van der Waals surface area contributed by atoms with Crippen molar-refractivity contribution in [2.24, 2.45) is 0 Å². The Morgan fingerprint density at radius 3 is 2.82 bits per heavy atom. The van der Waals surface area contributed by atoms with Crippen LogP contribution >= 0.6 is 0 Å². The Bertz CT molecular complexity index is 365. The zero-order valence-corrected chi connectivity index (χ0v) is 11.4. The Hall–Kier alpha value is -1.03. The maximum absolute atomic E-state index is 4.52. The third kappa shape index (κ3) is 3.22. The number of imidazole rings is 1. The number of aromatic nitrogens is 2. The van der Waals surface area contributed by atoms with Gasteiger partial charge in [-0.25, -0.2) is 4.98 Å². The lowest BCUT2D eigenvalue weighted by Gasteiger charge is -2.17. The third-order valence-electron chi connectivity index (χ3n) is 3.33. The molecular weight excluding hydrogens is 212 g/mol. The van der Waals surface area contributed by atoms with E-state index in [1.165, 1.54) is 12.8 Å². The van der Waals surface area contributed by atoms with Crippen LogP contribution in [0.25, 0.3) is 0 Å². The van der Waals surface area contributed by atoms with Crippen molar-refractivity contribution < 1.29 is 0 Å². The topological polar surface area (TPSA) is 33.1 Å². The van der Waals surface area contributed by atoms with E-state index in [2.05, 4.69) is 46.9 Å². The highest BCUT2D eigenvalue weighted by Gasteiger charge is 2.25. The van der Waals surface area contributed by atoms with Gasteiger partial charge < -0.3 is 14.8 Å². The first kappa shape index (κ1) is 12.4. The van der Waals surface area contributed by atoms with Gasteiger partial charge in [-0.1, -0.05) is 0 Å². The summed E-state index contributed by atoms with van der Waals surface area (Å²) in [7, 11) is 2.21. The average Bonchev–Trinajstić information content (AvgIpc) is 3.03. The van der Waals surface area contributed by atoms with Gasteiger partial charge in [-0.05, 0) is 40.7 Å². The van der Waals surface area contributed by atoms with Crippen LogP contribution < -0.4 is 5.32 Å². The highest BCUT2D eigenvalue weighted by Crippen LogP contribution is 2.24. The van der Waals surface area contributed by atoms with E-state index < -0.39 is 0 Å². The first-order valence-corrected chi connectivity index (χ1v) is 6.57. The molecule has 4 heteroatoms. The third-order valence-corrected chi connectivity index (χ3v) is 3.33. The Morgan fingerprint density at radius 1 is 1.53 bits per heavy atom. The van der Waals surface area contributed by atoms with E-state index in [1.54, 1.807) is 0 Å². The molecular formula is C13H24N4. The summed E-state index contributed by atoms with van der Waals surface area (Å²) in [5, 5.41) is 3.44. The first-order valence-electron chi connectivity index (χ1n) is 6.57. The average molecular weight is 236 g/mol. The predicted molar refractivity (Wildman–Crippen MR) is 71.5 cm³/mol. The van der Waals surface area contributed by atoms with Crippen molar-refractivity contribution in [2.45, 2.75) is 45.7 Å². The van der Waals surface area contributed by atoms with Crippen LogP contribution in [0.1, 0.15) is 38.4 Å². The summed E-state index contributed by atoms with van der Waals surface area (Å²) in [6.07, 6.45) is 4.85. The van der Waals surface area contributed by atoms with E-state index in [0.29, 0.717) is 6.04 Å². The van der Waals surface area contributed by atoms with Gasteiger partial charge >= 0.3 is 0 Å². The largest absolute Gasteiger partial charge is 0.354 e. The summed E-state index contributed by atoms with van der Waals surface area (Å²) in [5.41, 5.74) is 1.08. The molecule has 4 nitrogen and oxygen atoms in total. The second-order valence-electron chi connectivity index (χ2n) is 5.35. The fourth-order valence-electron chi connectivity index (χ4n) is 2.08. The molecule has 96 valence electrons. The van der Waals surface area contributed by atoms with Gasteiger partial charge in [0.2, 0.25) is 5.95 Å². The number of hydrogen-bond acceptors (Lipinski definition) is 3. The second-order valence-corrected chi connectivity index (χ2v) is 5.35. The Morgan fingerprint density at radius 2 is 2.24 bits per heavy atom. The van der Waals surface area contributed by atoms with Gasteiger partial charge in [-0.15, -0.1) is 0 Å². The van der Waals surface area contributed by atoms with Gasteiger partial charge in [0, 0.05) is 31.4 Å². The van der Waals surface area contributed by atoms with E-state index >= 15 is 0 Å². The molecule has 1 N–H and O–H groups in total. The van der Waals surface area contributed by atoms with Gasteiger partial charge in [-0.2, -0.15) is 0 Å². The fourth-order valence-corrected chi connectivity index (χ4v) is 2.08. The zero-order chi connectivity index (χ0) is 12.4. The van der Waals surface area contributed by atoms with E-state index in [1.807, 2.05) is 6.92 Å². The normalized spacial score (nSPS) is 15.9.